The zero-order valence-electron chi connectivity index (χ0n) is 19.5. The fraction of sp³-hybridized carbons (Fsp3) is 0.0741. The summed E-state index contributed by atoms with van der Waals surface area (Å²) in [5, 5.41) is 7.40. The number of carbonyl (C=O) groups excluding carboxylic acids is 2. The topological polar surface area (TPSA) is 84.7 Å². The number of rotatable bonds is 6. The number of hydrogen-bond donors (Lipinski definition) is 2. The van der Waals surface area contributed by atoms with Crippen molar-refractivity contribution in [2.24, 2.45) is 5.10 Å². The molecule has 2 N–H and O–H groups in total. The molecule has 4 rings (SSSR count). The first kappa shape index (κ1) is 25.0. The van der Waals surface area contributed by atoms with Gasteiger partial charge in [0.15, 0.2) is 0 Å². The van der Waals surface area contributed by atoms with Gasteiger partial charge in [-0.15, -0.1) is 0 Å². The lowest BCUT2D eigenvalue weighted by atomic mass is 10.2. The summed E-state index contributed by atoms with van der Waals surface area (Å²) in [6, 6.07) is 23.3. The molecule has 0 saturated carbocycles. The quantitative estimate of drug-likeness (QED) is 0.178. The summed E-state index contributed by atoms with van der Waals surface area (Å²) in [5.74, 6) is -0.435. The van der Waals surface area contributed by atoms with Gasteiger partial charge in [0.2, 0.25) is 0 Å². The van der Waals surface area contributed by atoms with Crippen LogP contribution in [0.5, 0.6) is 11.5 Å². The molecule has 3 aromatic carbocycles. The maximum atomic E-state index is 12.2. The van der Waals surface area contributed by atoms with Crippen LogP contribution in [0.2, 0.25) is 10.0 Å². The van der Waals surface area contributed by atoms with Crippen LogP contribution in [0.25, 0.3) is 5.69 Å². The molecule has 7 nitrogen and oxygen atoms in total. The van der Waals surface area contributed by atoms with Crippen LogP contribution in [-0.2, 0) is 9.59 Å². The Hall–Kier alpha value is -4.07. The highest BCUT2D eigenvalue weighted by atomic mass is 35.5. The van der Waals surface area contributed by atoms with Crippen LogP contribution in [0.4, 0.5) is 5.69 Å². The van der Waals surface area contributed by atoms with E-state index >= 15 is 0 Å². The van der Waals surface area contributed by atoms with Crippen LogP contribution >= 0.6 is 23.2 Å². The van der Waals surface area contributed by atoms with E-state index in [1.165, 1.54) is 6.21 Å². The summed E-state index contributed by atoms with van der Waals surface area (Å²) in [5.41, 5.74) is 6.15. The maximum Gasteiger partial charge on any atom is 0.329 e. The number of hydrogen-bond acceptors (Lipinski definition) is 4. The summed E-state index contributed by atoms with van der Waals surface area (Å²) in [4.78, 5) is 24.4. The fourth-order valence-electron chi connectivity index (χ4n) is 3.57. The second-order valence-electron chi connectivity index (χ2n) is 7.85. The molecule has 0 aliphatic heterocycles. The smallest absolute Gasteiger partial charge is 0.329 e. The van der Waals surface area contributed by atoms with E-state index in [-0.39, 0.29) is 0 Å². The summed E-state index contributed by atoms with van der Waals surface area (Å²) >= 11 is 12.2. The molecule has 0 aliphatic carbocycles. The molecular formula is C27H22Cl2N4O3. The molecule has 1 aromatic heterocycles. The molecule has 0 atom stereocenters. The second-order valence-corrected chi connectivity index (χ2v) is 8.67. The zero-order chi connectivity index (χ0) is 25.7. The van der Waals surface area contributed by atoms with Crippen molar-refractivity contribution in [3.8, 4) is 17.2 Å². The predicted molar refractivity (Wildman–Crippen MR) is 143 cm³/mol. The molecule has 4 aromatic rings. The highest BCUT2D eigenvalue weighted by Crippen LogP contribution is 2.27. The number of hydrazone groups is 1. The Bertz CT molecular complexity index is 1430. The monoisotopic (exact) mass is 520 g/mol. The van der Waals surface area contributed by atoms with Gasteiger partial charge < -0.3 is 14.6 Å². The summed E-state index contributed by atoms with van der Waals surface area (Å²) in [6.07, 6.45) is 1.48. The number of aryl methyl sites for hydroxylation is 1. The van der Waals surface area contributed by atoms with Gasteiger partial charge in [-0.3, -0.25) is 9.59 Å². The van der Waals surface area contributed by atoms with E-state index in [0.29, 0.717) is 27.2 Å². The van der Waals surface area contributed by atoms with Crippen LogP contribution in [0, 0.1) is 13.8 Å². The second kappa shape index (κ2) is 11.1. The highest BCUT2D eigenvalue weighted by molar-refractivity contribution is 6.42. The number of nitrogens with one attached hydrogen (secondary N) is 2. The van der Waals surface area contributed by atoms with Crippen LogP contribution in [0.3, 0.4) is 0 Å². The number of carbonyl (C=O) groups is 2. The van der Waals surface area contributed by atoms with Gasteiger partial charge in [0.05, 0.1) is 16.3 Å². The fourth-order valence-corrected chi connectivity index (χ4v) is 3.86. The Morgan fingerprint density at radius 3 is 2.25 bits per heavy atom. The minimum absolute atomic E-state index is 0.449. The van der Waals surface area contributed by atoms with Crippen molar-refractivity contribution >= 4 is 46.9 Å². The zero-order valence-corrected chi connectivity index (χ0v) is 21.0. The number of aromatic nitrogens is 1. The van der Waals surface area contributed by atoms with Crippen molar-refractivity contribution in [3.63, 3.8) is 0 Å². The van der Waals surface area contributed by atoms with Gasteiger partial charge in [0, 0.05) is 28.3 Å². The normalized spacial score (nSPS) is 10.9. The van der Waals surface area contributed by atoms with E-state index in [1.807, 2.05) is 60.9 Å². The lowest BCUT2D eigenvalue weighted by Crippen LogP contribution is -2.32. The Morgan fingerprint density at radius 2 is 1.56 bits per heavy atom. The molecule has 0 bridgehead atoms. The Morgan fingerprint density at radius 1 is 0.861 bits per heavy atom. The molecule has 0 unspecified atom stereocenters. The number of nitrogens with zero attached hydrogens (tertiary/aromatic N) is 2. The molecule has 0 aliphatic rings. The van der Waals surface area contributed by atoms with Gasteiger partial charge >= 0.3 is 11.8 Å². The highest BCUT2D eigenvalue weighted by Gasteiger charge is 2.14. The minimum atomic E-state index is -0.894. The van der Waals surface area contributed by atoms with Gasteiger partial charge in [0.25, 0.3) is 0 Å². The number of halogens is 2. The predicted octanol–water partition coefficient (Wildman–Crippen LogP) is 6.28. The van der Waals surface area contributed by atoms with E-state index in [4.69, 9.17) is 27.9 Å². The number of benzene rings is 3. The Labute approximate surface area is 218 Å². The summed E-state index contributed by atoms with van der Waals surface area (Å²) in [7, 11) is 0. The van der Waals surface area contributed by atoms with E-state index in [0.717, 1.165) is 22.6 Å². The SMILES string of the molecule is Cc1cc(/C=N\NC(=O)C(=O)Nc2ccc(Oc3ccccc3)cc2)c(C)n1-c1ccc(Cl)c(Cl)c1. The van der Waals surface area contributed by atoms with E-state index in [9.17, 15) is 9.59 Å². The van der Waals surface area contributed by atoms with E-state index < -0.39 is 11.8 Å². The molecule has 36 heavy (non-hydrogen) atoms. The molecule has 0 saturated heterocycles. The van der Waals surface area contributed by atoms with Crippen LogP contribution in [0.15, 0.2) is 84.0 Å². The van der Waals surface area contributed by atoms with Crippen molar-refractivity contribution < 1.29 is 14.3 Å². The number of amides is 2. The average molecular weight is 521 g/mol. The van der Waals surface area contributed by atoms with Crippen LogP contribution in [-0.4, -0.2) is 22.6 Å². The Kier molecular flexibility index (Phi) is 7.73. The summed E-state index contributed by atoms with van der Waals surface area (Å²) in [6.45, 7) is 3.85. The third-order valence-corrected chi connectivity index (χ3v) is 6.04. The third-order valence-electron chi connectivity index (χ3n) is 5.30. The molecule has 2 amide bonds. The lowest BCUT2D eigenvalue weighted by Gasteiger charge is -2.10. The van der Waals surface area contributed by atoms with Crippen molar-refractivity contribution in [1.82, 2.24) is 9.99 Å². The van der Waals surface area contributed by atoms with E-state index in [1.54, 1.807) is 36.4 Å². The van der Waals surface area contributed by atoms with Crippen molar-refractivity contribution in [2.75, 3.05) is 5.32 Å². The molecule has 182 valence electrons. The Balaban J connectivity index is 1.35. The molecule has 0 spiro atoms. The van der Waals surface area contributed by atoms with Crippen molar-refractivity contribution in [3.05, 3.63) is 106 Å². The maximum absolute atomic E-state index is 12.2. The molecule has 0 radical (unpaired) electrons. The van der Waals surface area contributed by atoms with Crippen molar-refractivity contribution in [1.29, 1.82) is 0 Å². The first-order chi connectivity index (χ1) is 17.3. The van der Waals surface area contributed by atoms with Gasteiger partial charge in [-0.25, -0.2) is 5.43 Å². The van der Waals surface area contributed by atoms with Gasteiger partial charge in [-0.2, -0.15) is 5.10 Å². The third kappa shape index (κ3) is 5.94. The number of ether oxygens (including phenoxy) is 1. The minimum Gasteiger partial charge on any atom is -0.457 e. The lowest BCUT2D eigenvalue weighted by molar-refractivity contribution is -0.136. The van der Waals surface area contributed by atoms with Gasteiger partial charge in [0.1, 0.15) is 11.5 Å². The first-order valence-corrected chi connectivity index (χ1v) is 11.7. The average Bonchev–Trinajstić information content (AvgIpc) is 3.15. The summed E-state index contributed by atoms with van der Waals surface area (Å²) < 4.78 is 7.70. The van der Waals surface area contributed by atoms with Gasteiger partial charge in [-0.05, 0) is 74.5 Å². The van der Waals surface area contributed by atoms with Crippen LogP contribution in [0.1, 0.15) is 17.0 Å². The van der Waals surface area contributed by atoms with E-state index in [2.05, 4.69) is 15.8 Å². The number of anilines is 1. The molecular weight excluding hydrogens is 499 g/mol. The van der Waals surface area contributed by atoms with Gasteiger partial charge in [-0.1, -0.05) is 41.4 Å². The van der Waals surface area contributed by atoms with Crippen LogP contribution < -0.4 is 15.5 Å². The first-order valence-electron chi connectivity index (χ1n) is 10.9. The number of para-hydroxylation sites is 1. The standard InChI is InChI=1S/C27H22Cl2N4O3/c1-17-14-19(18(2)33(17)21-10-13-24(28)25(29)15-21)16-30-32-27(35)26(34)31-20-8-11-23(12-9-20)36-22-6-4-3-5-7-22/h3-16H,1-2H3,(H,31,34)(H,32,35)/b30-16-. The molecule has 1 heterocycles. The molecule has 9 heteroatoms. The molecule has 0 fully saturated rings. The van der Waals surface area contributed by atoms with Crippen molar-refractivity contribution in [2.45, 2.75) is 13.8 Å². The largest absolute Gasteiger partial charge is 0.457 e.